The Morgan fingerprint density at radius 3 is 2.45 bits per heavy atom. The van der Waals surface area contributed by atoms with Crippen molar-refractivity contribution < 1.29 is 23.5 Å². The first-order valence-corrected chi connectivity index (χ1v) is 9.38. The SMILES string of the molecule is COC(=O)c1cccc(COC(=O)c2cnn(-c3ccc(F)cc3)c2-n2cccc2)c1. The minimum absolute atomic E-state index is 0.0312. The molecule has 2 aromatic carbocycles. The highest BCUT2D eigenvalue weighted by molar-refractivity contribution is 5.93. The van der Waals surface area contributed by atoms with Gasteiger partial charge in [-0.25, -0.2) is 18.7 Å². The van der Waals surface area contributed by atoms with E-state index in [9.17, 15) is 14.0 Å². The van der Waals surface area contributed by atoms with Crippen molar-refractivity contribution in [1.82, 2.24) is 14.3 Å². The molecular formula is C23H18FN3O4. The zero-order chi connectivity index (χ0) is 21.8. The molecule has 0 saturated carbocycles. The Kier molecular flexibility index (Phi) is 5.61. The minimum atomic E-state index is -0.583. The Morgan fingerprint density at radius 2 is 1.74 bits per heavy atom. The van der Waals surface area contributed by atoms with Crippen molar-refractivity contribution in [2.24, 2.45) is 0 Å². The zero-order valence-corrected chi connectivity index (χ0v) is 16.6. The molecule has 7 nitrogen and oxygen atoms in total. The van der Waals surface area contributed by atoms with E-state index in [4.69, 9.17) is 9.47 Å². The molecule has 4 rings (SSSR count). The molecule has 8 heteroatoms. The van der Waals surface area contributed by atoms with Gasteiger partial charge in [0.25, 0.3) is 0 Å². The number of carbonyl (C=O) groups is 2. The smallest absolute Gasteiger partial charge is 0.343 e. The third kappa shape index (κ3) is 4.23. The van der Waals surface area contributed by atoms with Gasteiger partial charge in [-0.15, -0.1) is 0 Å². The molecule has 0 aliphatic rings. The highest BCUT2D eigenvalue weighted by atomic mass is 19.1. The van der Waals surface area contributed by atoms with Crippen LogP contribution in [0.3, 0.4) is 0 Å². The van der Waals surface area contributed by atoms with Gasteiger partial charge in [-0.3, -0.25) is 0 Å². The van der Waals surface area contributed by atoms with Gasteiger partial charge >= 0.3 is 11.9 Å². The highest BCUT2D eigenvalue weighted by Crippen LogP contribution is 2.21. The molecule has 0 unspecified atom stereocenters. The summed E-state index contributed by atoms with van der Waals surface area (Å²) in [5.41, 5.74) is 1.84. The number of hydrogen-bond donors (Lipinski definition) is 0. The quantitative estimate of drug-likeness (QED) is 0.443. The van der Waals surface area contributed by atoms with Crippen LogP contribution in [-0.4, -0.2) is 33.4 Å². The molecule has 0 N–H and O–H groups in total. The molecule has 0 fully saturated rings. The van der Waals surface area contributed by atoms with Gasteiger partial charge in [0.05, 0.1) is 24.6 Å². The van der Waals surface area contributed by atoms with E-state index in [2.05, 4.69) is 5.10 Å². The average Bonchev–Trinajstić information content (AvgIpc) is 3.47. The van der Waals surface area contributed by atoms with Gasteiger partial charge in [0.2, 0.25) is 0 Å². The first-order valence-electron chi connectivity index (χ1n) is 9.38. The lowest BCUT2D eigenvalue weighted by molar-refractivity contribution is 0.0472. The van der Waals surface area contributed by atoms with E-state index in [1.807, 2.05) is 12.1 Å². The van der Waals surface area contributed by atoms with Crippen LogP contribution in [0.2, 0.25) is 0 Å². The Morgan fingerprint density at radius 1 is 1.00 bits per heavy atom. The molecule has 0 radical (unpaired) electrons. The first-order chi connectivity index (χ1) is 15.1. The van der Waals surface area contributed by atoms with Crippen LogP contribution in [0.25, 0.3) is 11.5 Å². The van der Waals surface area contributed by atoms with Gasteiger partial charge in [-0.2, -0.15) is 5.10 Å². The molecule has 4 aromatic rings. The highest BCUT2D eigenvalue weighted by Gasteiger charge is 2.21. The molecule has 2 aromatic heterocycles. The molecule has 0 saturated heterocycles. The fraction of sp³-hybridized carbons (Fsp3) is 0.0870. The number of methoxy groups -OCH3 is 1. The van der Waals surface area contributed by atoms with E-state index < -0.39 is 11.9 Å². The third-order valence-electron chi connectivity index (χ3n) is 4.60. The Balaban J connectivity index is 1.61. The number of ether oxygens (including phenoxy) is 2. The van der Waals surface area contributed by atoms with E-state index in [0.29, 0.717) is 22.6 Å². The van der Waals surface area contributed by atoms with Crippen molar-refractivity contribution in [2.45, 2.75) is 6.61 Å². The number of hydrogen-bond acceptors (Lipinski definition) is 5. The molecule has 2 heterocycles. The summed E-state index contributed by atoms with van der Waals surface area (Å²) in [7, 11) is 1.30. The van der Waals surface area contributed by atoms with Crippen molar-refractivity contribution >= 4 is 11.9 Å². The van der Waals surface area contributed by atoms with Crippen molar-refractivity contribution in [3.05, 3.63) is 102 Å². The molecule has 0 spiro atoms. The average molecular weight is 419 g/mol. The predicted octanol–water partition coefficient (Wildman–Crippen LogP) is 3.95. The second kappa shape index (κ2) is 8.66. The van der Waals surface area contributed by atoms with Crippen molar-refractivity contribution in [3.8, 4) is 11.5 Å². The molecule has 0 atom stereocenters. The summed E-state index contributed by atoms with van der Waals surface area (Å²) in [6, 6.07) is 16.1. The zero-order valence-electron chi connectivity index (χ0n) is 16.6. The summed E-state index contributed by atoms with van der Waals surface area (Å²) >= 11 is 0. The summed E-state index contributed by atoms with van der Waals surface area (Å²) in [5.74, 6) is -0.957. The summed E-state index contributed by atoms with van der Waals surface area (Å²) in [6.07, 6.45) is 4.95. The third-order valence-corrected chi connectivity index (χ3v) is 4.60. The van der Waals surface area contributed by atoms with Crippen LogP contribution in [0.15, 0.2) is 79.3 Å². The lowest BCUT2D eigenvalue weighted by Gasteiger charge is -2.11. The molecule has 31 heavy (non-hydrogen) atoms. The van der Waals surface area contributed by atoms with Crippen LogP contribution in [0.1, 0.15) is 26.3 Å². The van der Waals surface area contributed by atoms with Crippen LogP contribution in [0.4, 0.5) is 4.39 Å². The monoisotopic (exact) mass is 419 g/mol. The van der Waals surface area contributed by atoms with Gasteiger partial charge in [-0.05, 0) is 54.1 Å². The molecule has 0 amide bonds. The summed E-state index contributed by atoms with van der Waals surface area (Å²) in [4.78, 5) is 24.6. The number of aromatic nitrogens is 3. The second-order valence-electron chi connectivity index (χ2n) is 6.63. The van der Waals surface area contributed by atoms with Gasteiger partial charge in [0.15, 0.2) is 5.82 Å². The van der Waals surface area contributed by atoms with Gasteiger partial charge in [0.1, 0.15) is 18.0 Å². The van der Waals surface area contributed by atoms with Crippen LogP contribution >= 0.6 is 0 Å². The van der Waals surface area contributed by atoms with Crippen LogP contribution in [-0.2, 0) is 16.1 Å². The Labute approximate surface area is 177 Å². The second-order valence-corrected chi connectivity index (χ2v) is 6.63. The van der Waals surface area contributed by atoms with E-state index in [1.165, 1.54) is 30.1 Å². The largest absolute Gasteiger partial charge is 0.465 e. The van der Waals surface area contributed by atoms with Crippen LogP contribution in [0, 0.1) is 5.82 Å². The Bertz CT molecular complexity index is 1210. The number of nitrogens with zero attached hydrogens (tertiary/aromatic N) is 3. The lowest BCUT2D eigenvalue weighted by atomic mass is 10.1. The van der Waals surface area contributed by atoms with Crippen molar-refractivity contribution in [2.75, 3.05) is 7.11 Å². The molecule has 0 bridgehead atoms. The maximum atomic E-state index is 13.3. The first kappa shape index (κ1) is 20.1. The number of halogens is 1. The molecular weight excluding hydrogens is 401 g/mol. The summed E-state index contributed by atoms with van der Waals surface area (Å²) in [6.45, 7) is -0.0312. The summed E-state index contributed by atoms with van der Waals surface area (Å²) < 4.78 is 26.8. The van der Waals surface area contributed by atoms with Crippen LogP contribution < -0.4 is 0 Å². The van der Waals surface area contributed by atoms with Crippen LogP contribution in [0.5, 0.6) is 0 Å². The van der Waals surface area contributed by atoms with Crippen molar-refractivity contribution in [1.29, 1.82) is 0 Å². The van der Waals surface area contributed by atoms with E-state index >= 15 is 0 Å². The Hall–Kier alpha value is -4.20. The predicted molar refractivity (Wildman–Crippen MR) is 110 cm³/mol. The standard InChI is InChI=1S/C23H18FN3O4/c1-30-22(28)17-6-4-5-16(13-17)15-31-23(29)20-14-25-27(19-9-7-18(24)8-10-19)21(20)26-11-2-3-12-26/h2-14H,15H2,1H3. The minimum Gasteiger partial charge on any atom is -0.465 e. The number of esters is 2. The van der Waals surface area contributed by atoms with E-state index in [1.54, 1.807) is 53.4 Å². The number of rotatable bonds is 6. The maximum Gasteiger partial charge on any atom is 0.343 e. The number of carbonyl (C=O) groups excluding carboxylic acids is 2. The summed E-state index contributed by atoms with van der Waals surface area (Å²) in [5, 5.41) is 4.31. The molecule has 0 aliphatic heterocycles. The molecule has 156 valence electrons. The van der Waals surface area contributed by atoms with Gasteiger partial charge in [-0.1, -0.05) is 12.1 Å². The molecule has 0 aliphatic carbocycles. The lowest BCUT2D eigenvalue weighted by Crippen LogP contribution is -2.11. The van der Waals surface area contributed by atoms with E-state index in [0.717, 1.165) is 0 Å². The van der Waals surface area contributed by atoms with Gasteiger partial charge < -0.3 is 14.0 Å². The fourth-order valence-electron chi connectivity index (χ4n) is 3.11. The van der Waals surface area contributed by atoms with E-state index in [-0.39, 0.29) is 18.0 Å². The normalized spacial score (nSPS) is 10.6. The maximum absolute atomic E-state index is 13.3. The van der Waals surface area contributed by atoms with Gasteiger partial charge in [0, 0.05) is 12.4 Å². The topological polar surface area (TPSA) is 75.4 Å². The number of benzene rings is 2. The van der Waals surface area contributed by atoms with Crippen molar-refractivity contribution in [3.63, 3.8) is 0 Å². The fourth-order valence-corrected chi connectivity index (χ4v) is 3.11.